The van der Waals surface area contributed by atoms with E-state index in [1.165, 1.54) is 29.5 Å². The van der Waals surface area contributed by atoms with Crippen LogP contribution < -0.4 is 9.47 Å². The zero-order valence-electron chi connectivity index (χ0n) is 25.7. The van der Waals surface area contributed by atoms with Crippen molar-refractivity contribution in [2.75, 3.05) is 26.7 Å². The lowest BCUT2D eigenvalue weighted by Gasteiger charge is -2.60. The van der Waals surface area contributed by atoms with Crippen LogP contribution in [0.2, 0.25) is 0 Å². The molecule has 2 aliphatic heterocycles. The Labute approximate surface area is 250 Å². The van der Waals surface area contributed by atoms with Gasteiger partial charge in [0.15, 0.2) is 11.5 Å². The van der Waals surface area contributed by atoms with Crippen molar-refractivity contribution < 1.29 is 19.4 Å². The van der Waals surface area contributed by atoms with Gasteiger partial charge in [-0.05, 0) is 99.9 Å². The van der Waals surface area contributed by atoms with Crippen molar-refractivity contribution in [3.05, 3.63) is 52.1 Å². The fraction of sp³-hybridized carbons (Fsp3) is 0.583. The van der Waals surface area contributed by atoms with Gasteiger partial charge in [-0.15, -0.1) is 0 Å². The highest BCUT2D eigenvalue weighted by atomic mass is 16.5. The predicted molar refractivity (Wildman–Crippen MR) is 163 cm³/mol. The van der Waals surface area contributed by atoms with Crippen molar-refractivity contribution >= 4 is 5.91 Å². The summed E-state index contributed by atoms with van der Waals surface area (Å²) in [6.45, 7) is 11.3. The number of phenolic OH excluding ortho intramolecular Hbond substituents is 1. The summed E-state index contributed by atoms with van der Waals surface area (Å²) in [4.78, 5) is 18.7. The lowest BCUT2D eigenvalue weighted by atomic mass is 9.50. The summed E-state index contributed by atoms with van der Waals surface area (Å²) in [6.07, 6.45) is 6.27. The Bertz CT molecular complexity index is 1480. The van der Waals surface area contributed by atoms with Gasteiger partial charge in [0.05, 0.1) is 13.2 Å². The number of methoxy groups -OCH3 is 1. The van der Waals surface area contributed by atoms with Gasteiger partial charge in [0.2, 0.25) is 0 Å². The monoisotopic (exact) mass is 568 g/mol. The standard InChI is InChI=1S/C36H44N2O4/c1-21(2)19-38(32(40)13-10-24-7-6-22(3)23(4)16-24)28-12-11-27-29-17-26-30(39)18-31(41-5)34-33(26)36(27,35(28)42-34)14-15-37(29)20-25-8-9-25/h6-7,16,18,21,25,27-29,35,39H,8-9,11-12,14-15,17,19-20H2,1-5H3/t27-,28+,29+,35-,36-/m0/s1. The number of ether oxygens (including phenoxy) is 2. The maximum atomic E-state index is 14.0. The van der Waals surface area contributed by atoms with Crippen LogP contribution in [0.15, 0.2) is 24.3 Å². The Morgan fingerprint density at radius 2 is 2.00 bits per heavy atom. The second kappa shape index (κ2) is 10.2. The third kappa shape index (κ3) is 4.30. The molecule has 1 N–H and O–H groups in total. The highest BCUT2D eigenvalue weighted by molar-refractivity contribution is 5.94. The number of rotatable bonds is 6. The molecular weight excluding hydrogens is 524 g/mol. The summed E-state index contributed by atoms with van der Waals surface area (Å²) >= 11 is 0. The molecule has 2 heterocycles. The van der Waals surface area contributed by atoms with Crippen molar-refractivity contribution in [2.24, 2.45) is 17.8 Å². The number of hydrogen-bond acceptors (Lipinski definition) is 5. The molecule has 2 aromatic carbocycles. The topological polar surface area (TPSA) is 62.2 Å². The molecule has 5 atom stereocenters. The van der Waals surface area contributed by atoms with Gasteiger partial charge in [-0.2, -0.15) is 0 Å². The van der Waals surface area contributed by atoms with Crippen LogP contribution >= 0.6 is 0 Å². The third-order valence-electron chi connectivity index (χ3n) is 10.9. The molecule has 5 aliphatic rings. The molecule has 7 rings (SSSR count). The Morgan fingerprint density at radius 3 is 2.71 bits per heavy atom. The van der Waals surface area contributed by atoms with Crippen LogP contribution in [0.1, 0.15) is 73.8 Å². The minimum Gasteiger partial charge on any atom is -0.508 e. The minimum absolute atomic E-state index is 0.0916. The highest BCUT2D eigenvalue weighted by Gasteiger charge is 2.67. The largest absolute Gasteiger partial charge is 0.508 e. The number of hydrogen-bond donors (Lipinski definition) is 1. The van der Waals surface area contributed by atoms with Crippen LogP contribution in [0, 0.1) is 43.4 Å². The minimum atomic E-state index is -0.237. The number of aromatic hydroxyl groups is 1. The number of benzene rings is 2. The fourth-order valence-corrected chi connectivity index (χ4v) is 8.76. The molecule has 42 heavy (non-hydrogen) atoms. The van der Waals surface area contributed by atoms with Crippen LogP contribution in [-0.4, -0.2) is 65.7 Å². The zero-order valence-corrected chi connectivity index (χ0v) is 25.7. The van der Waals surface area contributed by atoms with E-state index in [0.29, 0.717) is 35.9 Å². The van der Waals surface area contributed by atoms with Gasteiger partial charge in [0.1, 0.15) is 11.9 Å². The van der Waals surface area contributed by atoms with E-state index in [2.05, 4.69) is 56.6 Å². The van der Waals surface area contributed by atoms with E-state index < -0.39 is 0 Å². The van der Waals surface area contributed by atoms with E-state index >= 15 is 0 Å². The Morgan fingerprint density at radius 1 is 1.19 bits per heavy atom. The maximum absolute atomic E-state index is 14.0. The van der Waals surface area contributed by atoms with Gasteiger partial charge in [0.25, 0.3) is 5.91 Å². The average molecular weight is 569 g/mol. The van der Waals surface area contributed by atoms with E-state index in [9.17, 15) is 9.90 Å². The van der Waals surface area contributed by atoms with E-state index in [1.54, 1.807) is 13.2 Å². The van der Waals surface area contributed by atoms with Crippen molar-refractivity contribution in [2.45, 2.75) is 89.8 Å². The quantitative estimate of drug-likeness (QED) is 0.475. The molecule has 1 spiro atoms. The van der Waals surface area contributed by atoms with Crippen LogP contribution in [-0.2, 0) is 16.6 Å². The first-order chi connectivity index (χ1) is 20.2. The first kappa shape index (κ1) is 27.7. The van der Waals surface area contributed by atoms with Gasteiger partial charge in [-0.3, -0.25) is 9.69 Å². The molecule has 0 radical (unpaired) electrons. The van der Waals surface area contributed by atoms with Gasteiger partial charge in [0, 0.05) is 53.2 Å². The smallest absolute Gasteiger partial charge is 0.299 e. The molecule has 2 aromatic rings. The lowest BCUT2D eigenvalue weighted by Crippen LogP contribution is -2.69. The number of carbonyl (C=O) groups excluding carboxylic acids is 1. The first-order valence-electron chi connectivity index (χ1n) is 15.9. The molecule has 2 saturated carbocycles. The van der Waals surface area contributed by atoms with Crippen molar-refractivity contribution in [1.82, 2.24) is 9.80 Å². The molecule has 2 bridgehead atoms. The molecule has 0 aromatic heterocycles. The Balaban J connectivity index is 1.28. The van der Waals surface area contributed by atoms with Crippen LogP contribution in [0.5, 0.6) is 17.2 Å². The number of carbonyl (C=O) groups is 1. The average Bonchev–Trinajstić information content (AvgIpc) is 3.72. The SMILES string of the molecule is COc1cc(O)c2c3c1O[C@H]1[C@H](N(CC(C)C)C(=O)C#Cc4ccc(C)c(C)c4)CC[C@H]4[C@@H](C2)N(CC2CC2)CC[C@@]341. The molecule has 6 heteroatoms. The molecule has 6 nitrogen and oxygen atoms in total. The van der Waals surface area contributed by atoms with E-state index in [0.717, 1.165) is 61.6 Å². The number of nitrogens with zero attached hydrogens (tertiary/aromatic N) is 2. The summed E-state index contributed by atoms with van der Waals surface area (Å²) in [6, 6.07) is 8.16. The Hall–Kier alpha value is -3.17. The summed E-state index contributed by atoms with van der Waals surface area (Å²) < 4.78 is 12.8. The van der Waals surface area contributed by atoms with Crippen LogP contribution in [0.3, 0.4) is 0 Å². The molecule has 222 valence electrons. The normalized spacial score (nSPS) is 28.9. The summed E-state index contributed by atoms with van der Waals surface area (Å²) in [7, 11) is 1.65. The maximum Gasteiger partial charge on any atom is 0.299 e. The van der Waals surface area contributed by atoms with Gasteiger partial charge < -0.3 is 19.5 Å². The fourth-order valence-electron chi connectivity index (χ4n) is 8.76. The molecule has 1 saturated heterocycles. The molecule has 1 amide bonds. The number of piperidine rings is 1. The van der Waals surface area contributed by atoms with Gasteiger partial charge in [-0.25, -0.2) is 0 Å². The number of phenols is 1. The van der Waals surface area contributed by atoms with E-state index in [-0.39, 0.29) is 23.5 Å². The van der Waals surface area contributed by atoms with Gasteiger partial charge in [-0.1, -0.05) is 25.8 Å². The molecular formula is C36H44N2O4. The summed E-state index contributed by atoms with van der Waals surface area (Å²) in [5.41, 5.74) is 5.23. The predicted octanol–water partition coefficient (Wildman–Crippen LogP) is 5.37. The molecule has 0 unspecified atom stereocenters. The zero-order chi connectivity index (χ0) is 29.3. The van der Waals surface area contributed by atoms with E-state index in [1.807, 2.05) is 11.0 Å². The second-order valence-corrected chi connectivity index (χ2v) is 14.0. The number of aryl methyl sites for hydroxylation is 2. The summed E-state index contributed by atoms with van der Waals surface area (Å²) in [5.74, 6) is 9.32. The second-order valence-electron chi connectivity index (χ2n) is 14.0. The van der Waals surface area contributed by atoms with Crippen molar-refractivity contribution in [3.8, 4) is 29.1 Å². The number of likely N-dealkylation sites (tertiary alicyclic amines) is 1. The first-order valence-corrected chi connectivity index (χ1v) is 15.9. The van der Waals surface area contributed by atoms with Gasteiger partial charge >= 0.3 is 0 Å². The molecule has 3 aliphatic carbocycles. The number of amides is 1. The van der Waals surface area contributed by atoms with Crippen molar-refractivity contribution in [3.63, 3.8) is 0 Å². The molecule has 3 fully saturated rings. The highest BCUT2D eigenvalue weighted by Crippen LogP contribution is 2.65. The lowest BCUT2D eigenvalue weighted by molar-refractivity contribution is -0.137. The summed E-state index contributed by atoms with van der Waals surface area (Å²) in [5, 5.41) is 11.3. The van der Waals surface area contributed by atoms with Crippen LogP contribution in [0.25, 0.3) is 0 Å². The Kier molecular flexibility index (Phi) is 6.73. The van der Waals surface area contributed by atoms with Crippen LogP contribution in [0.4, 0.5) is 0 Å². The third-order valence-corrected chi connectivity index (χ3v) is 10.9. The van der Waals surface area contributed by atoms with E-state index in [4.69, 9.17) is 9.47 Å². The van der Waals surface area contributed by atoms with Crippen molar-refractivity contribution in [1.29, 1.82) is 0 Å².